The number of hydrogen-bond donors (Lipinski definition) is 0. The quantitative estimate of drug-likeness (QED) is 0.174. The van der Waals surface area contributed by atoms with Crippen molar-refractivity contribution >= 4 is 21.8 Å². The van der Waals surface area contributed by atoms with Crippen molar-refractivity contribution in [2.45, 2.75) is 5.41 Å². The van der Waals surface area contributed by atoms with Gasteiger partial charge in [-0.25, -0.2) is 9.97 Å². The van der Waals surface area contributed by atoms with Gasteiger partial charge in [-0.2, -0.15) is 0 Å². The van der Waals surface area contributed by atoms with Crippen LogP contribution in [0.5, 0.6) is 11.5 Å². The predicted octanol–water partition coefficient (Wildman–Crippen LogP) is 14.7. The smallest absolute Gasteiger partial charge is 0.235 e. The van der Waals surface area contributed by atoms with E-state index in [1.165, 1.54) is 33.4 Å². The van der Waals surface area contributed by atoms with Crippen LogP contribution < -0.4 is 4.74 Å². The second-order valence-electron chi connectivity index (χ2n) is 16.5. The van der Waals surface area contributed by atoms with Gasteiger partial charge in [0.15, 0.2) is 0 Å². The molecule has 0 bridgehead atoms. The highest BCUT2D eigenvalue weighted by atomic mass is 16.5. The minimum atomic E-state index is -0.609. The average Bonchev–Trinajstić information content (AvgIpc) is 3.85. The molecular weight excluding hydrogens is 767 g/mol. The summed E-state index contributed by atoms with van der Waals surface area (Å²) in [5, 5.41) is 2.30. The number of nitrogens with zero attached hydrogens (tertiary/aromatic N) is 3. The SMILES string of the molecule is c1ccc(-c2ccc(-c3cc(-c4ccc(-c5ccccc5)cc4)nc(-n4c5ccccc5c5ccc6c(c54)-c4ccccc4C64c5ccccc5Oc5ccccc54)n3)cc2)cc1. The molecule has 0 saturated heterocycles. The van der Waals surface area contributed by atoms with Gasteiger partial charge in [0, 0.05) is 38.6 Å². The monoisotopic (exact) mass is 803 g/mol. The minimum absolute atomic E-state index is 0.609. The van der Waals surface area contributed by atoms with Crippen molar-refractivity contribution in [3.63, 3.8) is 0 Å². The molecule has 2 aromatic heterocycles. The van der Waals surface area contributed by atoms with Crippen LogP contribution in [0.3, 0.4) is 0 Å². The second-order valence-corrected chi connectivity index (χ2v) is 16.5. The third-order valence-corrected chi connectivity index (χ3v) is 13.1. The molecule has 4 heteroatoms. The summed E-state index contributed by atoms with van der Waals surface area (Å²) >= 11 is 0. The highest BCUT2D eigenvalue weighted by Gasteiger charge is 2.51. The van der Waals surface area contributed by atoms with E-state index in [4.69, 9.17) is 14.7 Å². The normalized spacial score (nSPS) is 13.0. The van der Waals surface area contributed by atoms with Gasteiger partial charge < -0.3 is 4.74 Å². The maximum atomic E-state index is 6.67. The summed E-state index contributed by atoms with van der Waals surface area (Å²) in [5.41, 5.74) is 17.0. The lowest BCUT2D eigenvalue weighted by Gasteiger charge is -2.39. The summed E-state index contributed by atoms with van der Waals surface area (Å²) < 4.78 is 8.99. The van der Waals surface area contributed by atoms with E-state index in [0.29, 0.717) is 5.95 Å². The molecule has 1 aliphatic carbocycles. The maximum absolute atomic E-state index is 6.67. The fraction of sp³-hybridized carbons (Fsp3) is 0.0169. The summed E-state index contributed by atoms with van der Waals surface area (Å²) in [6, 6.07) is 80.0. The Morgan fingerprint density at radius 2 is 0.841 bits per heavy atom. The van der Waals surface area contributed by atoms with Crippen LogP contribution in [0.2, 0.25) is 0 Å². The lowest BCUT2D eigenvalue weighted by Crippen LogP contribution is -2.32. The van der Waals surface area contributed by atoms with Crippen molar-refractivity contribution in [1.82, 2.24) is 14.5 Å². The summed E-state index contributed by atoms with van der Waals surface area (Å²) in [4.78, 5) is 11.1. The first-order valence-corrected chi connectivity index (χ1v) is 21.5. The van der Waals surface area contributed by atoms with E-state index < -0.39 is 5.41 Å². The first kappa shape index (κ1) is 35.4. The fourth-order valence-electron chi connectivity index (χ4n) is 10.4. The Morgan fingerprint density at radius 3 is 1.44 bits per heavy atom. The molecule has 0 unspecified atom stereocenters. The van der Waals surface area contributed by atoms with Crippen LogP contribution in [-0.4, -0.2) is 14.5 Å². The largest absolute Gasteiger partial charge is 0.457 e. The van der Waals surface area contributed by atoms with Crippen molar-refractivity contribution < 1.29 is 4.74 Å². The lowest BCUT2D eigenvalue weighted by atomic mass is 9.66. The molecule has 1 aliphatic heterocycles. The molecule has 11 aromatic rings. The average molecular weight is 804 g/mol. The van der Waals surface area contributed by atoms with Gasteiger partial charge in [-0.15, -0.1) is 0 Å². The van der Waals surface area contributed by atoms with Gasteiger partial charge >= 0.3 is 0 Å². The van der Waals surface area contributed by atoms with E-state index in [2.05, 4.69) is 229 Å². The Bertz CT molecular complexity index is 3430. The van der Waals surface area contributed by atoms with Gasteiger partial charge in [0.2, 0.25) is 5.95 Å². The summed E-state index contributed by atoms with van der Waals surface area (Å²) in [6.07, 6.45) is 0. The molecule has 0 fully saturated rings. The van der Waals surface area contributed by atoms with Gasteiger partial charge in [-0.05, 0) is 63.2 Å². The molecule has 2 aliphatic rings. The third kappa shape index (κ3) is 5.28. The standard InChI is InChI=1S/C59H37N3O/c1-3-15-38(16-4-1)40-27-31-42(32-28-40)51-37-52(43-33-29-41(30-34-43)39-17-5-2-6-18-39)61-58(60-51)62-53-24-12-8-19-44(53)45-35-36-50-56(57(45)62)46-20-7-9-21-47(46)59(50)48-22-10-13-25-54(48)63-55-26-14-11-23-49(55)59/h1-37H. The van der Waals surface area contributed by atoms with Crippen LogP contribution in [0.15, 0.2) is 224 Å². The molecular formula is C59H37N3O. The van der Waals surface area contributed by atoms with Crippen LogP contribution >= 0.6 is 0 Å². The zero-order valence-electron chi connectivity index (χ0n) is 34.1. The van der Waals surface area contributed by atoms with Gasteiger partial charge in [0.05, 0.1) is 27.8 Å². The molecule has 294 valence electrons. The molecule has 0 atom stereocenters. The molecule has 9 aromatic carbocycles. The molecule has 0 amide bonds. The lowest BCUT2D eigenvalue weighted by molar-refractivity contribution is 0.436. The fourth-order valence-corrected chi connectivity index (χ4v) is 10.4. The van der Waals surface area contributed by atoms with E-state index in [9.17, 15) is 0 Å². The van der Waals surface area contributed by atoms with Crippen LogP contribution in [0.4, 0.5) is 0 Å². The Morgan fingerprint density at radius 1 is 0.365 bits per heavy atom. The van der Waals surface area contributed by atoms with Crippen LogP contribution in [0.25, 0.3) is 83.6 Å². The molecule has 13 rings (SSSR count). The Hall–Kier alpha value is -8.34. The number of fused-ring (bicyclic) bond motifs is 13. The zero-order chi connectivity index (χ0) is 41.5. The van der Waals surface area contributed by atoms with Crippen molar-refractivity contribution in [2.24, 2.45) is 0 Å². The third-order valence-electron chi connectivity index (χ3n) is 13.1. The molecule has 4 nitrogen and oxygen atoms in total. The summed E-state index contributed by atoms with van der Waals surface area (Å²) in [7, 11) is 0. The van der Waals surface area contributed by atoms with Crippen molar-refractivity contribution in [2.75, 3.05) is 0 Å². The molecule has 3 heterocycles. The number of hydrogen-bond acceptors (Lipinski definition) is 3. The van der Waals surface area contributed by atoms with Gasteiger partial charge in [0.1, 0.15) is 11.5 Å². The number of para-hydroxylation sites is 3. The van der Waals surface area contributed by atoms with E-state index in [1.807, 2.05) is 0 Å². The van der Waals surface area contributed by atoms with Crippen LogP contribution in [-0.2, 0) is 5.41 Å². The van der Waals surface area contributed by atoms with Crippen LogP contribution in [0, 0.1) is 0 Å². The van der Waals surface area contributed by atoms with Gasteiger partial charge in [-0.3, -0.25) is 4.57 Å². The molecule has 0 N–H and O–H groups in total. The van der Waals surface area contributed by atoms with E-state index in [-0.39, 0.29) is 0 Å². The minimum Gasteiger partial charge on any atom is -0.457 e. The number of rotatable bonds is 5. The summed E-state index contributed by atoms with van der Waals surface area (Å²) in [5.74, 6) is 2.36. The van der Waals surface area contributed by atoms with Crippen molar-refractivity contribution in [1.29, 1.82) is 0 Å². The van der Waals surface area contributed by atoms with Crippen LogP contribution in [0.1, 0.15) is 22.3 Å². The number of benzene rings is 9. The Labute approximate surface area is 365 Å². The predicted molar refractivity (Wildman–Crippen MR) is 255 cm³/mol. The van der Waals surface area contributed by atoms with E-state index in [1.54, 1.807) is 0 Å². The second kappa shape index (κ2) is 13.8. The molecule has 63 heavy (non-hydrogen) atoms. The first-order chi connectivity index (χ1) is 31.2. The topological polar surface area (TPSA) is 39.9 Å². The van der Waals surface area contributed by atoms with Crippen molar-refractivity contribution in [3.05, 3.63) is 247 Å². The molecule has 0 saturated carbocycles. The van der Waals surface area contributed by atoms with Crippen molar-refractivity contribution in [3.8, 4) is 73.3 Å². The first-order valence-electron chi connectivity index (χ1n) is 21.5. The number of aromatic nitrogens is 3. The van der Waals surface area contributed by atoms with E-state index in [0.717, 1.165) is 78.1 Å². The highest BCUT2D eigenvalue weighted by molar-refractivity contribution is 6.16. The maximum Gasteiger partial charge on any atom is 0.235 e. The zero-order valence-corrected chi connectivity index (χ0v) is 34.1. The number of ether oxygens (including phenoxy) is 1. The highest BCUT2D eigenvalue weighted by Crippen LogP contribution is 2.63. The Kier molecular flexibility index (Phi) is 7.79. The molecule has 1 spiro atoms. The van der Waals surface area contributed by atoms with Gasteiger partial charge in [-0.1, -0.05) is 200 Å². The summed E-state index contributed by atoms with van der Waals surface area (Å²) in [6.45, 7) is 0. The Balaban J connectivity index is 1.10. The molecule has 0 radical (unpaired) electrons. The van der Waals surface area contributed by atoms with E-state index >= 15 is 0 Å². The van der Waals surface area contributed by atoms with Gasteiger partial charge in [0.25, 0.3) is 0 Å².